The molecular weight excluding hydrogens is 386 g/mol. The van der Waals surface area contributed by atoms with Crippen molar-refractivity contribution in [3.63, 3.8) is 0 Å². The van der Waals surface area contributed by atoms with Crippen molar-refractivity contribution >= 4 is 24.0 Å². The number of hydrogen-bond acceptors (Lipinski definition) is 6. The highest BCUT2D eigenvalue weighted by Gasteiger charge is 2.32. The van der Waals surface area contributed by atoms with Crippen molar-refractivity contribution in [1.82, 2.24) is 5.32 Å². The second-order valence-corrected chi connectivity index (χ2v) is 7.13. The summed E-state index contributed by atoms with van der Waals surface area (Å²) in [5, 5.41) is 14.2. The number of methoxy groups -OCH3 is 2. The van der Waals surface area contributed by atoms with Crippen LogP contribution in [0, 0.1) is 15.5 Å². The Hall–Kier alpha value is -2.06. The number of carbonyl (C=O) groups excluding carboxylic acids is 1. The molecule has 8 nitrogen and oxygen atoms in total. The van der Waals surface area contributed by atoms with E-state index in [0.717, 1.165) is 25.7 Å². The Labute approximate surface area is 171 Å². The van der Waals surface area contributed by atoms with E-state index in [0.29, 0.717) is 43.0 Å². The minimum Gasteiger partial charge on any atom is -0.493 e. The van der Waals surface area contributed by atoms with Crippen LogP contribution in [0.25, 0.3) is 0 Å². The maximum absolute atomic E-state index is 12.4. The van der Waals surface area contributed by atoms with Crippen molar-refractivity contribution in [2.24, 2.45) is 11.1 Å². The maximum atomic E-state index is 12.4. The third-order valence-corrected chi connectivity index (χ3v) is 5.38. The Morgan fingerprint density at radius 2 is 1.82 bits per heavy atom. The molecule has 1 aliphatic carbocycles. The third-order valence-electron chi connectivity index (χ3n) is 5.38. The van der Waals surface area contributed by atoms with E-state index >= 15 is 0 Å². The molecule has 0 unspecified atom stereocenters. The number of halogens is 1. The number of hydrogen-bond donors (Lipinski definition) is 2. The zero-order valence-corrected chi connectivity index (χ0v) is 17.3. The van der Waals surface area contributed by atoms with Crippen molar-refractivity contribution in [2.45, 2.75) is 44.9 Å². The predicted octanol–water partition coefficient (Wildman–Crippen LogP) is 2.99. The molecular formula is C19H30ClN3O5. The lowest BCUT2D eigenvalue weighted by Gasteiger charge is -2.35. The molecule has 0 atom stereocenters. The molecule has 0 radical (unpaired) electrons. The van der Waals surface area contributed by atoms with Crippen LogP contribution in [0.2, 0.25) is 0 Å². The Balaban J connectivity index is 0.00000392. The summed E-state index contributed by atoms with van der Waals surface area (Å²) in [5.74, 6) is 0.679. The van der Waals surface area contributed by atoms with Gasteiger partial charge in [0.1, 0.15) is 0 Å². The molecule has 0 saturated heterocycles. The number of nitrogens with two attached hydrogens (primary N) is 1. The van der Waals surface area contributed by atoms with Crippen LogP contribution >= 0.6 is 12.4 Å². The first-order chi connectivity index (χ1) is 12.9. The van der Waals surface area contributed by atoms with Crippen LogP contribution in [0.4, 0.5) is 5.69 Å². The summed E-state index contributed by atoms with van der Waals surface area (Å²) in [6.45, 7) is 0.831. The van der Waals surface area contributed by atoms with Gasteiger partial charge in [0.05, 0.1) is 25.2 Å². The van der Waals surface area contributed by atoms with Crippen molar-refractivity contribution in [1.29, 1.82) is 0 Å². The van der Waals surface area contributed by atoms with E-state index in [9.17, 15) is 14.9 Å². The van der Waals surface area contributed by atoms with Gasteiger partial charge >= 0.3 is 0 Å². The molecule has 0 aromatic heterocycles. The Morgan fingerprint density at radius 1 is 1.21 bits per heavy atom. The first-order valence-electron chi connectivity index (χ1n) is 9.31. The number of nitrogens with zero attached hydrogens (tertiary/aromatic N) is 1. The van der Waals surface area contributed by atoms with E-state index in [1.54, 1.807) is 6.07 Å². The molecule has 2 rings (SSSR count). The number of nitro benzene ring substituents is 1. The topological polar surface area (TPSA) is 117 Å². The smallest absolute Gasteiger partial charge is 0.276 e. The van der Waals surface area contributed by atoms with Gasteiger partial charge in [-0.15, -0.1) is 12.4 Å². The van der Waals surface area contributed by atoms with Gasteiger partial charge in [-0.25, -0.2) is 0 Å². The molecule has 9 heteroatoms. The van der Waals surface area contributed by atoms with Crippen LogP contribution in [-0.4, -0.2) is 38.1 Å². The second kappa shape index (κ2) is 11.1. The molecule has 0 bridgehead atoms. The van der Waals surface area contributed by atoms with Gasteiger partial charge in [-0.05, 0) is 37.3 Å². The van der Waals surface area contributed by atoms with Gasteiger partial charge in [-0.1, -0.05) is 19.3 Å². The van der Waals surface area contributed by atoms with Gasteiger partial charge in [-0.2, -0.15) is 0 Å². The highest BCUT2D eigenvalue weighted by molar-refractivity contribution is 5.85. The van der Waals surface area contributed by atoms with Crippen LogP contribution in [0.1, 0.15) is 44.1 Å². The van der Waals surface area contributed by atoms with E-state index in [4.69, 9.17) is 15.2 Å². The predicted molar refractivity (Wildman–Crippen MR) is 109 cm³/mol. The molecule has 0 heterocycles. The van der Waals surface area contributed by atoms with Gasteiger partial charge in [0.25, 0.3) is 5.69 Å². The maximum Gasteiger partial charge on any atom is 0.276 e. The molecule has 1 amide bonds. The first kappa shape index (κ1) is 24.0. The van der Waals surface area contributed by atoms with Crippen LogP contribution < -0.4 is 20.5 Å². The minimum absolute atomic E-state index is 0. The Bertz CT molecular complexity index is 678. The van der Waals surface area contributed by atoms with E-state index in [2.05, 4.69) is 5.32 Å². The monoisotopic (exact) mass is 415 g/mol. The Morgan fingerprint density at radius 3 is 2.36 bits per heavy atom. The average Bonchev–Trinajstić information content (AvgIpc) is 2.67. The first-order valence-corrected chi connectivity index (χ1v) is 9.31. The number of carbonyl (C=O) groups is 1. The van der Waals surface area contributed by atoms with Gasteiger partial charge in [0.2, 0.25) is 5.91 Å². The van der Waals surface area contributed by atoms with E-state index in [-0.39, 0.29) is 29.4 Å². The van der Waals surface area contributed by atoms with Gasteiger partial charge in [-0.3, -0.25) is 14.9 Å². The highest BCUT2D eigenvalue weighted by Crippen LogP contribution is 2.38. The van der Waals surface area contributed by atoms with Crippen molar-refractivity contribution in [2.75, 3.05) is 27.3 Å². The summed E-state index contributed by atoms with van der Waals surface area (Å²) in [6.07, 6.45) is 6.14. The number of benzene rings is 1. The zero-order chi connectivity index (χ0) is 19.9. The minimum atomic E-state index is -0.454. The van der Waals surface area contributed by atoms with Crippen molar-refractivity contribution < 1.29 is 19.2 Å². The summed E-state index contributed by atoms with van der Waals surface area (Å²) in [7, 11) is 2.91. The van der Waals surface area contributed by atoms with Gasteiger partial charge in [0.15, 0.2) is 11.5 Å². The van der Waals surface area contributed by atoms with E-state index in [1.165, 1.54) is 26.7 Å². The lowest BCUT2D eigenvalue weighted by atomic mass is 9.71. The van der Waals surface area contributed by atoms with Crippen molar-refractivity contribution in [3.8, 4) is 11.5 Å². The third kappa shape index (κ3) is 5.97. The van der Waals surface area contributed by atoms with Gasteiger partial charge in [0, 0.05) is 18.5 Å². The molecule has 1 fully saturated rings. The number of nitro groups is 1. The van der Waals surface area contributed by atoms with Crippen molar-refractivity contribution in [3.05, 3.63) is 27.8 Å². The molecule has 1 aliphatic rings. The molecule has 28 heavy (non-hydrogen) atoms. The molecule has 0 aliphatic heterocycles. The number of ether oxygens (including phenoxy) is 2. The SMILES string of the molecule is COc1cc(CCNC(=O)CC2(CN)CCCCC2)c([N+](=O)[O-])cc1OC.Cl. The number of nitrogens with one attached hydrogen (secondary N) is 1. The van der Waals surface area contributed by atoms with Crippen LogP contribution in [0.5, 0.6) is 11.5 Å². The summed E-state index contributed by atoms with van der Waals surface area (Å²) in [5.41, 5.74) is 6.28. The van der Waals surface area contributed by atoms with Crippen LogP contribution in [0.3, 0.4) is 0 Å². The molecule has 0 spiro atoms. The number of amides is 1. The Kier molecular flexibility index (Phi) is 9.48. The summed E-state index contributed by atoms with van der Waals surface area (Å²) >= 11 is 0. The normalized spacial score (nSPS) is 15.2. The fraction of sp³-hybridized carbons (Fsp3) is 0.632. The van der Waals surface area contributed by atoms with Gasteiger partial charge < -0.3 is 20.5 Å². The summed E-state index contributed by atoms with van der Waals surface area (Å²) < 4.78 is 10.3. The standard InChI is InChI=1S/C19H29N3O5.ClH/c1-26-16-10-14(15(22(24)25)11-17(16)27-2)6-9-21-18(23)12-19(13-20)7-4-3-5-8-19;/h10-11H,3-9,12-13,20H2,1-2H3,(H,21,23);1H. The lowest BCUT2D eigenvalue weighted by Crippen LogP contribution is -2.39. The molecule has 1 saturated carbocycles. The lowest BCUT2D eigenvalue weighted by molar-refractivity contribution is -0.385. The van der Waals surface area contributed by atoms with E-state index < -0.39 is 4.92 Å². The van der Waals surface area contributed by atoms with Crippen LogP contribution in [0.15, 0.2) is 12.1 Å². The second-order valence-electron chi connectivity index (χ2n) is 7.13. The van der Waals surface area contributed by atoms with E-state index in [1.807, 2.05) is 0 Å². The fourth-order valence-electron chi connectivity index (χ4n) is 3.78. The highest BCUT2D eigenvalue weighted by atomic mass is 35.5. The summed E-state index contributed by atoms with van der Waals surface area (Å²) in [6, 6.07) is 2.94. The molecule has 1 aromatic carbocycles. The summed E-state index contributed by atoms with van der Waals surface area (Å²) in [4.78, 5) is 23.2. The largest absolute Gasteiger partial charge is 0.493 e. The van der Waals surface area contributed by atoms with Crippen LogP contribution in [-0.2, 0) is 11.2 Å². The quantitative estimate of drug-likeness (QED) is 0.473. The number of rotatable bonds is 9. The molecule has 3 N–H and O–H groups in total. The molecule has 158 valence electrons. The average molecular weight is 416 g/mol. The fourth-order valence-corrected chi connectivity index (χ4v) is 3.78. The zero-order valence-electron chi connectivity index (χ0n) is 16.5. The molecule has 1 aromatic rings.